The first-order valence-corrected chi connectivity index (χ1v) is 4.08. The predicted molar refractivity (Wildman–Crippen MR) is 44.3 cm³/mol. The second-order valence-corrected chi connectivity index (χ2v) is 2.30. The third-order valence-electron chi connectivity index (χ3n) is 1.33. The van der Waals surface area contributed by atoms with Crippen LogP contribution in [0.4, 0.5) is 4.79 Å². The fourth-order valence-corrected chi connectivity index (χ4v) is 0.692. The molecular weight excluding hydrogens is 158 g/mol. The minimum Gasteiger partial charge on any atom is -0.449 e. The van der Waals surface area contributed by atoms with Crippen molar-refractivity contribution in [2.75, 3.05) is 13.2 Å². The van der Waals surface area contributed by atoms with Crippen molar-refractivity contribution in [1.29, 1.82) is 0 Å². The number of carbonyl (C=O) groups excluding carboxylic acids is 2. The minimum atomic E-state index is -0.610. The molecule has 0 aromatic rings. The normalized spacial score (nSPS) is 9.17. The van der Waals surface area contributed by atoms with Crippen LogP contribution in [0.3, 0.4) is 0 Å². The Morgan fingerprint density at radius 1 is 1.50 bits per heavy atom. The van der Waals surface area contributed by atoms with Crippen molar-refractivity contribution in [1.82, 2.24) is 4.90 Å². The van der Waals surface area contributed by atoms with E-state index in [0.29, 0.717) is 6.54 Å². The highest BCUT2D eigenvalue weighted by atomic mass is 16.6. The lowest BCUT2D eigenvalue weighted by Crippen LogP contribution is -2.31. The summed E-state index contributed by atoms with van der Waals surface area (Å²) in [5.74, 6) is 0. The van der Waals surface area contributed by atoms with Gasteiger partial charge in [-0.3, -0.25) is 4.79 Å². The first-order valence-electron chi connectivity index (χ1n) is 4.08. The van der Waals surface area contributed by atoms with Gasteiger partial charge in [-0.2, -0.15) is 0 Å². The zero-order chi connectivity index (χ0) is 9.40. The van der Waals surface area contributed by atoms with Crippen molar-refractivity contribution < 1.29 is 14.3 Å². The van der Waals surface area contributed by atoms with E-state index in [9.17, 15) is 9.59 Å². The zero-order valence-corrected chi connectivity index (χ0v) is 7.50. The van der Waals surface area contributed by atoms with Crippen LogP contribution in [0.1, 0.15) is 26.7 Å². The molecule has 0 spiro atoms. The Morgan fingerprint density at radius 3 is 2.58 bits per heavy atom. The van der Waals surface area contributed by atoms with Gasteiger partial charge in [-0.1, -0.05) is 13.3 Å². The van der Waals surface area contributed by atoms with Gasteiger partial charge in [0, 0.05) is 6.54 Å². The van der Waals surface area contributed by atoms with Gasteiger partial charge >= 0.3 is 12.5 Å². The molecule has 0 rings (SSSR count). The lowest BCUT2D eigenvalue weighted by Gasteiger charge is -2.12. The van der Waals surface area contributed by atoms with E-state index in [1.807, 2.05) is 6.92 Å². The Kier molecular flexibility index (Phi) is 6.05. The number of amides is 2. The second kappa shape index (κ2) is 6.64. The number of ether oxygens (including phenoxy) is 1. The van der Waals surface area contributed by atoms with Crippen LogP contribution in [0.2, 0.25) is 0 Å². The molecule has 2 amide bonds. The first-order chi connectivity index (χ1) is 5.76. The van der Waals surface area contributed by atoms with Crippen molar-refractivity contribution >= 4 is 12.5 Å². The fraction of sp³-hybridized carbons (Fsp3) is 0.750. The van der Waals surface area contributed by atoms with E-state index in [1.54, 1.807) is 6.92 Å². The van der Waals surface area contributed by atoms with Gasteiger partial charge in [0.15, 0.2) is 0 Å². The molecule has 0 aliphatic carbocycles. The van der Waals surface area contributed by atoms with E-state index in [-0.39, 0.29) is 6.61 Å². The van der Waals surface area contributed by atoms with Crippen LogP contribution >= 0.6 is 0 Å². The van der Waals surface area contributed by atoms with Gasteiger partial charge in [0.2, 0.25) is 0 Å². The molecule has 69 valence electrons. The molecule has 0 atom stereocenters. The van der Waals surface area contributed by atoms with Crippen LogP contribution in [0.5, 0.6) is 0 Å². The van der Waals surface area contributed by atoms with Gasteiger partial charge in [0.05, 0.1) is 6.61 Å². The largest absolute Gasteiger partial charge is 0.449 e. The molecule has 0 heterocycles. The lowest BCUT2D eigenvalue weighted by molar-refractivity contribution is 0.126. The second-order valence-electron chi connectivity index (χ2n) is 2.30. The minimum absolute atomic E-state index is 0.281. The molecule has 4 heteroatoms. The summed E-state index contributed by atoms with van der Waals surface area (Å²) >= 11 is 0. The summed E-state index contributed by atoms with van der Waals surface area (Å²) in [5, 5.41) is 0. The molecule has 0 aromatic carbocycles. The zero-order valence-electron chi connectivity index (χ0n) is 7.50. The average molecular weight is 172 g/mol. The molecular formula is C8H14NO3. The van der Waals surface area contributed by atoms with Crippen LogP contribution in [0.15, 0.2) is 0 Å². The average Bonchev–Trinajstić information content (AvgIpc) is 2.06. The Hall–Kier alpha value is -1.06. The fourth-order valence-electron chi connectivity index (χ4n) is 0.692. The number of carbonyl (C=O) groups is 1. The van der Waals surface area contributed by atoms with Gasteiger partial charge < -0.3 is 4.74 Å². The van der Waals surface area contributed by atoms with E-state index in [1.165, 1.54) is 6.41 Å². The molecule has 12 heavy (non-hydrogen) atoms. The van der Waals surface area contributed by atoms with E-state index < -0.39 is 6.09 Å². The first kappa shape index (κ1) is 10.9. The van der Waals surface area contributed by atoms with Gasteiger partial charge in [0.25, 0.3) is 0 Å². The van der Waals surface area contributed by atoms with Crippen molar-refractivity contribution in [2.45, 2.75) is 26.7 Å². The van der Waals surface area contributed by atoms with Crippen LogP contribution < -0.4 is 0 Å². The Labute approximate surface area is 72.5 Å². The predicted octanol–water partition coefficient (Wildman–Crippen LogP) is 1.31. The number of hydrogen-bond acceptors (Lipinski definition) is 3. The SMILES string of the molecule is CCCCN([C]=O)C(=O)OCC. The van der Waals surface area contributed by atoms with Crippen molar-refractivity contribution in [3.05, 3.63) is 0 Å². The summed E-state index contributed by atoms with van der Waals surface area (Å²) in [4.78, 5) is 22.1. The Bertz CT molecular complexity index is 147. The Balaban J connectivity index is 3.79. The molecule has 0 N–H and O–H groups in total. The summed E-state index contributed by atoms with van der Waals surface area (Å²) < 4.78 is 4.62. The van der Waals surface area contributed by atoms with Gasteiger partial charge in [-0.05, 0) is 13.3 Å². The van der Waals surface area contributed by atoms with Crippen molar-refractivity contribution in [3.8, 4) is 0 Å². The van der Waals surface area contributed by atoms with Crippen LogP contribution in [-0.2, 0) is 9.53 Å². The molecule has 0 aromatic heterocycles. The third kappa shape index (κ3) is 3.95. The van der Waals surface area contributed by atoms with E-state index in [4.69, 9.17) is 0 Å². The highest BCUT2D eigenvalue weighted by molar-refractivity contribution is 5.80. The van der Waals surface area contributed by atoms with E-state index in [0.717, 1.165) is 17.7 Å². The topological polar surface area (TPSA) is 46.6 Å². The number of nitrogens with zero attached hydrogens (tertiary/aromatic N) is 1. The van der Waals surface area contributed by atoms with Crippen molar-refractivity contribution in [3.63, 3.8) is 0 Å². The third-order valence-corrected chi connectivity index (χ3v) is 1.33. The summed E-state index contributed by atoms with van der Waals surface area (Å²) in [6.07, 6.45) is 2.63. The summed E-state index contributed by atoms with van der Waals surface area (Å²) in [6.45, 7) is 4.34. The lowest BCUT2D eigenvalue weighted by atomic mass is 10.3. The molecule has 0 aliphatic heterocycles. The maximum atomic E-state index is 10.9. The molecule has 0 saturated heterocycles. The monoisotopic (exact) mass is 172 g/mol. The Morgan fingerprint density at radius 2 is 2.17 bits per heavy atom. The van der Waals surface area contributed by atoms with Crippen LogP contribution in [-0.4, -0.2) is 30.6 Å². The number of rotatable bonds is 5. The molecule has 0 bridgehead atoms. The highest BCUT2D eigenvalue weighted by Crippen LogP contribution is 1.95. The molecule has 0 saturated carbocycles. The van der Waals surface area contributed by atoms with Gasteiger partial charge in [0.1, 0.15) is 0 Å². The van der Waals surface area contributed by atoms with Crippen LogP contribution in [0, 0.1) is 0 Å². The summed E-state index contributed by atoms with van der Waals surface area (Å²) in [7, 11) is 0. The standard InChI is InChI=1S/C8H14NO3/c1-3-5-6-9(7-10)8(11)12-4-2/h3-6H2,1-2H3. The molecule has 0 aliphatic rings. The molecule has 0 unspecified atom stereocenters. The number of hydrogen-bond donors (Lipinski definition) is 0. The quantitative estimate of drug-likeness (QED) is 0.587. The summed E-state index contributed by atoms with van der Waals surface area (Å²) in [6, 6.07) is 0. The smallest absolute Gasteiger partial charge is 0.416 e. The van der Waals surface area contributed by atoms with E-state index >= 15 is 0 Å². The van der Waals surface area contributed by atoms with Crippen LogP contribution in [0.25, 0.3) is 0 Å². The number of imide groups is 1. The highest BCUT2D eigenvalue weighted by Gasteiger charge is 2.12. The molecule has 0 fully saturated rings. The van der Waals surface area contributed by atoms with Gasteiger partial charge in [-0.25, -0.2) is 9.69 Å². The van der Waals surface area contributed by atoms with E-state index in [2.05, 4.69) is 4.74 Å². The summed E-state index contributed by atoms with van der Waals surface area (Å²) in [5.41, 5.74) is 0. The molecule has 1 radical (unpaired) electrons. The molecule has 4 nitrogen and oxygen atoms in total. The number of unbranched alkanes of at least 4 members (excludes halogenated alkanes) is 1. The van der Waals surface area contributed by atoms with Crippen molar-refractivity contribution in [2.24, 2.45) is 0 Å². The maximum absolute atomic E-state index is 10.9. The maximum Gasteiger partial charge on any atom is 0.416 e. The van der Waals surface area contributed by atoms with Gasteiger partial charge in [-0.15, -0.1) is 0 Å².